The third kappa shape index (κ3) is 4.98. The van der Waals surface area contributed by atoms with Crippen LogP contribution in [-0.4, -0.2) is 40.4 Å². The van der Waals surface area contributed by atoms with Gasteiger partial charge in [-0.15, -0.1) is 24.8 Å². The van der Waals surface area contributed by atoms with E-state index in [9.17, 15) is 4.79 Å². The van der Waals surface area contributed by atoms with Crippen LogP contribution in [0, 0.1) is 0 Å². The van der Waals surface area contributed by atoms with Gasteiger partial charge in [-0.3, -0.25) is 4.79 Å². The van der Waals surface area contributed by atoms with Crippen LogP contribution in [0.15, 0.2) is 36.8 Å². The van der Waals surface area contributed by atoms with Gasteiger partial charge in [-0.2, -0.15) is 5.10 Å². The van der Waals surface area contributed by atoms with Gasteiger partial charge in [0.1, 0.15) is 6.04 Å². The highest BCUT2D eigenvalue weighted by molar-refractivity contribution is 5.96. The van der Waals surface area contributed by atoms with Gasteiger partial charge in [-0.05, 0) is 18.2 Å². The van der Waals surface area contributed by atoms with Crippen molar-refractivity contribution in [2.75, 3.05) is 19.0 Å². The molecule has 1 atom stereocenters. The predicted octanol–water partition coefficient (Wildman–Crippen LogP) is 1.02. The molecule has 2 rings (SSSR count). The van der Waals surface area contributed by atoms with Crippen LogP contribution in [0.4, 0.5) is 5.69 Å². The number of halogens is 2. The second-order valence-electron chi connectivity index (χ2n) is 3.88. The number of nitrogens with two attached hydrogens (primary N) is 1. The minimum atomic E-state index is -0.726. The normalized spacial score (nSPS) is 11.0. The molecular weight excluding hydrogens is 317 g/mol. The monoisotopic (exact) mass is 333 g/mol. The summed E-state index contributed by atoms with van der Waals surface area (Å²) in [4.78, 5) is 16.0. The van der Waals surface area contributed by atoms with Crippen molar-refractivity contribution >= 4 is 36.4 Å². The van der Waals surface area contributed by atoms with E-state index in [1.807, 2.05) is 0 Å². The fraction of sp³-hybridized carbons (Fsp3) is 0.250. The zero-order valence-electron chi connectivity index (χ0n) is 11.3. The van der Waals surface area contributed by atoms with Crippen molar-refractivity contribution < 1.29 is 9.53 Å². The quantitative estimate of drug-likeness (QED) is 0.851. The number of pyridine rings is 1. The van der Waals surface area contributed by atoms with E-state index in [1.165, 1.54) is 7.11 Å². The molecule has 3 N–H and O–H groups in total. The number of hydrogen-bond acceptors (Lipinski definition) is 5. The Kier molecular flexibility index (Phi) is 8.56. The van der Waals surface area contributed by atoms with E-state index in [4.69, 9.17) is 10.5 Å². The Bertz CT molecular complexity index is 550. The standard InChI is InChI=1S/C12H15N5O2.2ClH/c1-19-8-9(13)12(18)16-10-4-2-5-14-11(10)17-7-3-6-15-17;;/h2-7,9H,8,13H2,1H3,(H,16,18);2*1H. The molecule has 9 heteroatoms. The Labute approximate surface area is 134 Å². The lowest BCUT2D eigenvalue weighted by atomic mass is 10.3. The van der Waals surface area contributed by atoms with Crippen molar-refractivity contribution in [3.63, 3.8) is 0 Å². The molecule has 0 aliphatic rings. The lowest BCUT2D eigenvalue weighted by molar-refractivity contribution is -0.118. The Morgan fingerprint density at radius 1 is 1.43 bits per heavy atom. The molecule has 1 unspecified atom stereocenters. The summed E-state index contributed by atoms with van der Waals surface area (Å²) in [6, 6.07) is 4.51. The van der Waals surface area contributed by atoms with Crippen LogP contribution in [-0.2, 0) is 9.53 Å². The Morgan fingerprint density at radius 3 is 2.81 bits per heavy atom. The van der Waals surface area contributed by atoms with Gasteiger partial charge < -0.3 is 15.8 Å². The number of methoxy groups -OCH3 is 1. The van der Waals surface area contributed by atoms with Gasteiger partial charge in [0.25, 0.3) is 0 Å². The van der Waals surface area contributed by atoms with Crippen molar-refractivity contribution in [2.24, 2.45) is 5.73 Å². The van der Waals surface area contributed by atoms with Gasteiger partial charge in [0.2, 0.25) is 5.91 Å². The summed E-state index contributed by atoms with van der Waals surface area (Å²) in [5.41, 5.74) is 6.21. The first kappa shape index (κ1) is 19.3. The largest absolute Gasteiger partial charge is 0.383 e. The fourth-order valence-corrected chi connectivity index (χ4v) is 1.55. The van der Waals surface area contributed by atoms with Crippen LogP contribution in [0.25, 0.3) is 5.82 Å². The first-order valence-electron chi connectivity index (χ1n) is 5.73. The maximum atomic E-state index is 11.9. The Hall–Kier alpha value is -1.67. The third-order valence-electron chi connectivity index (χ3n) is 2.45. The lowest BCUT2D eigenvalue weighted by Gasteiger charge is -2.13. The number of carbonyl (C=O) groups excluding carboxylic acids is 1. The SMILES string of the molecule is COCC(N)C(=O)Nc1cccnc1-n1cccn1.Cl.Cl. The molecule has 1 amide bonds. The zero-order chi connectivity index (χ0) is 13.7. The molecule has 7 nitrogen and oxygen atoms in total. The maximum absolute atomic E-state index is 11.9. The van der Waals surface area contributed by atoms with Crippen molar-refractivity contribution in [1.29, 1.82) is 0 Å². The molecule has 21 heavy (non-hydrogen) atoms. The van der Waals surface area contributed by atoms with E-state index < -0.39 is 6.04 Å². The lowest BCUT2D eigenvalue weighted by Crippen LogP contribution is -2.39. The van der Waals surface area contributed by atoms with Gasteiger partial charge >= 0.3 is 0 Å². The molecule has 0 bridgehead atoms. The number of anilines is 1. The summed E-state index contributed by atoms with van der Waals surface area (Å²) < 4.78 is 6.41. The van der Waals surface area contributed by atoms with Crippen LogP contribution >= 0.6 is 24.8 Å². The van der Waals surface area contributed by atoms with Gasteiger partial charge in [0, 0.05) is 25.7 Å². The summed E-state index contributed by atoms with van der Waals surface area (Å²) in [6.07, 6.45) is 5.01. The minimum absolute atomic E-state index is 0. The molecule has 0 spiro atoms. The van der Waals surface area contributed by atoms with Gasteiger partial charge in [0.15, 0.2) is 5.82 Å². The van der Waals surface area contributed by atoms with Crippen molar-refractivity contribution in [2.45, 2.75) is 6.04 Å². The number of amides is 1. The molecule has 0 aliphatic heterocycles. The van der Waals surface area contributed by atoms with E-state index in [0.717, 1.165) is 0 Å². The highest BCUT2D eigenvalue weighted by atomic mass is 35.5. The fourth-order valence-electron chi connectivity index (χ4n) is 1.55. The second-order valence-corrected chi connectivity index (χ2v) is 3.88. The van der Waals surface area contributed by atoms with Gasteiger partial charge in [-0.25, -0.2) is 9.67 Å². The maximum Gasteiger partial charge on any atom is 0.243 e. The van der Waals surface area contributed by atoms with Crippen LogP contribution in [0.2, 0.25) is 0 Å². The molecular formula is C12H17Cl2N5O2. The van der Waals surface area contributed by atoms with Crippen molar-refractivity contribution in [1.82, 2.24) is 14.8 Å². The molecule has 2 aromatic rings. The van der Waals surface area contributed by atoms with Gasteiger partial charge in [-0.1, -0.05) is 0 Å². The molecule has 0 aliphatic carbocycles. The predicted molar refractivity (Wildman–Crippen MR) is 84.3 cm³/mol. The number of hydrogen-bond donors (Lipinski definition) is 2. The number of carbonyl (C=O) groups is 1. The van der Waals surface area contributed by atoms with Crippen LogP contribution in [0.1, 0.15) is 0 Å². The molecule has 0 saturated carbocycles. The molecule has 2 heterocycles. The summed E-state index contributed by atoms with van der Waals surface area (Å²) in [6.45, 7) is 0.156. The molecule has 0 saturated heterocycles. The van der Waals surface area contributed by atoms with Crippen molar-refractivity contribution in [3.05, 3.63) is 36.8 Å². The summed E-state index contributed by atoms with van der Waals surface area (Å²) in [5.74, 6) is 0.203. The Morgan fingerprint density at radius 2 is 2.19 bits per heavy atom. The molecule has 0 radical (unpaired) electrons. The van der Waals surface area contributed by atoms with E-state index >= 15 is 0 Å². The average Bonchev–Trinajstić information content (AvgIpc) is 2.93. The topological polar surface area (TPSA) is 95.1 Å². The zero-order valence-corrected chi connectivity index (χ0v) is 12.9. The van der Waals surface area contributed by atoms with E-state index in [1.54, 1.807) is 41.5 Å². The number of nitrogens with zero attached hydrogens (tertiary/aromatic N) is 3. The smallest absolute Gasteiger partial charge is 0.243 e. The van der Waals surface area contributed by atoms with Crippen LogP contribution in [0.3, 0.4) is 0 Å². The number of nitrogens with one attached hydrogen (secondary N) is 1. The number of aromatic nitrogens is 3. The molecule has 2 aromatic heterocycles. The number of ether oxygens (including phenoxy) is 1. The van der Waals surface area contributed by atoms with Gasteiger partial charge in [0.05, 0.1) is 12.3 Å². The molecule has 116 valence electrons. The molecule has 0 fully saturated rings. The first-order valence-corrected chi connectivity index (χ1v) is 5.73. The van der Waals surface area contributed by atoms with E-state index in [-0.39, 0.29) is 37.3 Å². The summed E-state index contributed by atoms with van der Waals surface area (Å²) >= 11 is 0. The average molecular weight is 334 g/mol. The van der Waals surface area contributed by atoms with Crippen LogP contribution in [0.5, 0.6) is 0 Å². The highest BCUT2D eigenvalue weighted by Crippen LogP contribution is 2.16. The Balaban J connectivity index is 0.00000200. The van der Waals surface area contributed by atoms with E-state index in [2.05, 4.69) is 15.4 Å². The third-order valence-corrected chi connectivity index (χ3v) is 2.45. The molecule has 0 aromatic carbocycles. The van der Waals surface area contributed by atoms with E-state index in [0.29, 0.717) is 11.5 Å². The van der Waals surface area contributed by atoms with Crippen LogP contribution < -0.4 is 11.1 Å². The first-order chi connectivity index (χ1) is 9.22. The second kappa shape index (κ2) is 9.30. The minimum Gasteiger partial charge on any atom is -0.383 e. The number of rotatable bonds is 5. The summed E-state index contributed by atoms with van der Waals surface area (Å²) in [5, 5.41) is 6.80. The van der Waals surface area contributed by atoms with Crippen molar-refractivity contribution in [3.8, 4) is 5.82 Å². The highest BCUT2D eigenvalue weighted by Gasteiger charge is 2.15. The summed E-state index contributed by atoms with van der Waals surface area (Å²) in [7, 11) is 1.49.